The van der Waals surface area contributed by atoms with E-state index in [0.29, 0.717) is 54.4 Å². The van der Waals surface area contributed by atoms with E-state index in [0.717, 1.165) is 67.2 Å². The molecule has 4 unspecified atom stereocenters. The first-order chi connectivity index (χ1) is 42.5. The van der Waals surface area contributed by atoms with Crippen molar-refractivity contribution in [1.82, 2.24) is 31.1 Å². The van der Waals surface area contributed by atoms with Crippen molar-refractivity contribution in [3.8, 4) is 0 Å². The van der Waals surface area contributed by atoms with Crippen LogP contribution in [0.1, 0.15) is 168 Å². The molecule has 20 heteroatoms. The minimum atomic E-state index is -0.292. The first-order valence-electron chi connectivity index (χ1n) is 30.0. The summed E-state index contributed by atoms with van der Waals surface area (Å²) in [6, 6.07) is 27.9. The van der Waals surface area contributed by atoms with Gasteiger partial charge in [0.15, 0.2) is 0 Å². The average Bonchev–Trinajstić information content (AvgIpc) is 3.73. The molecule has 89 heavy (non-hydrogen) atoms. The maximum absolute atomic E-state index is 12.0. The number of hydrogen-bond acceptors (Lipinski definition) is 13. The Kier molecular flexibility index (Phi) is 41.1. The molecule has 0 aliphatic heterocycles. The van der Waals surface area contributed by atoms with E-state index in [-0.39, 0.29) is 97.9 Å². The van der Waals surface area contributed by atoms with E-state index in [1.807, 2.05) is 97.1 Å². The summed E-state index contributed by atoms with van der Waals surface area (Å²) in [6.07, 6.45) is 23.9. The number of esters is 1. The highest BCUT2D eigenvalue weighted by Crippen LogP contribution is 2.14. The van der Waals surface area contributed by atoms with Gasteiger partial charge in [-0.3, -0.25) is 38.4 Å². The molecule has 0 fully saturated rings. The number of benzene rings is 4. The number of carbonyl (C=O) groups is 8. The molecule has 20 nitrogen and oxygen atoms in total. The van der Waals surface area contributed by atoms with Gasteiger partial charge < -0.3 is 62.0 Å². The second kappa shape index (κ2) is 46.6. The molecule has 4 rings (SSSR count). The highest BCUT2D eigenvalue weighted by molar-refractivity contribution is 5.96. The van der Waals surface area contributed by atoms with Gasteiger partial charge >= 0.3 is 5.97 Å². The van der Waals surface area contributed by atoms with E-state index in [1.54, 1.807) is 108 Å². The van der Waals surface area contributed by atoms with Crippen molar-refractivity contribution in [3.05, 3.63) is 166 Å². The lowest BCUT2D eigenvalue weighted by Gasteiger charge is -2.11. The fourth-order valence-corrected chi connectivity index (χ4v) is 7.48. The number of allylic oxidation sites excluding steroid dienone is 4. The number of nitrogens with zero attached hydrogens (tertiary/aromatic N) is 2. The second-order valence-electron chi connectivity index (χ2n) is 21.5. The van der Waals surface area contributed by atoms with E-state index < -0.39 is 0 Å². The summed E-state index contributed by atoms with van der Waals surface area (Å²) < 4.78 is 4.57. The first kappa shape index (κ1) is 78.5. The Morgan fingerprint density at radius 1 is 0.427 bits per heavy atom. The maximum Gasteiger partial charge on any atom is 0.305 e. The Morgan fingerprint density at radius 3 is 1.01 bits per heavy atom. The summed E-state index contributed by atoms with van der Waals surface area (Å²) in [4.78, 5) is 95.5. The largest absolute Gasteiger partial charge is 0.469 e. The van der Waals surface area contributed by atoms with Crippen molar-refractivity contribution < 1.29 is 63.5 Å². The quantitative estimate of drug-likeness (QED) is 0.0167. The van der Waals surface area contributed by atoms with E-state index >= 15 is 0 Å². The molecule has 0 radical (unpaired) electrons. The monoisotopic (exact) mass is 1230 g/mol. The minimum absolute atomic E-state index is 0.0817. The molecule has 0 bridgehead atoms. The van der Waals surface area contributed by atoms with Crippen LogP contribution < -0.4 is 27.0 Å². The van der Waals surface area contributed by atoms with Gasteiger partial charge in [-0.15, -0.1) is 0 Å². The van der Waals surface area contributed by atoms with Crippen molar-refractivity contribution in [3.63, 3.8) is 0 Å². The molecule has 0 aromatic heterocycles. The Labute approximate surface area is 526 Å². The summed E-state index contributed by atoms with van der Waals surface area (Å²) >= 11 is 0. The SMILES string of the molecule is CC(CO)NC(=O)c1cccc(/C=C\CCC(=O)N(C)C)c1.CC(CO)NC(=O)c1cccc(/C=C\CCCC(N)=O)c1.CC(CO)NC(=O)c1cccc(/C=C\CCCCC(=O)N(C)C)c1.COC(=O)CCC/C=C\c1cccc(C(=O)NC(C)CO)c1. The van der Waals surface area contributed by atoms with Crippen molar-refractivity contribution in [1.29, 1.82) is 0 Å². The number of primary amides is 1. The topological polar surface area (TPSA) is 307 Å². The van der Waals surface area contributed by atoms with Crippen molar-refractivity contribution in [2.75, 3.05) is 61.7 Å². The Bertz CT molecular complexity index is 2920. The van der Waals surface area contributed by atoms with Gasteiger partial charge in [0.05, 0.1) is 33.5 Å². The molecule has 10 N–H and O–H groups in total. The highest BCUT2D eigenvalue weighted by Gasteiger charge is 2.13. The summed E-state index contributed by atoms with van der Waals surface area (Å²) in [5, 5.41) is 46.7. The number of methoxy groups -OCH3 is 1. The lowest BCUT2D eigenvalue weighted by molar-refractivity contribution is -0.140. The highest BCUT2D eigenvalue weighted by atomic mass is 16.5. The number of ether oxygens (including phenoxy) is 1. The number of aliphatic hydroxyl groups is 4. The van der Waals surface area contributed by atoms with Gasteiger partial charge in [0.2, 0.25) is 17.7 Å². The van der Waals surface area contributed by atoms with Gasteiger partial charge in [-0.05, 0) is 150 Å². The van der Waals surface area contributed by atoms with Crippen LogP contribution in [-0.4, -0.2) is 163 Å². The van der Waals surface area contributed by atoms with E-state index in [2.05, 4.69) is 32.1 Å². The third kappa shape index (κ3) is 37.0. The fraction of sp³-hybridized carbons (Fsp3) is 0.420. The molecule has 7 amide bonds. The zero-order valence-electron chi connectivity index (χ0n) is 53.4. The van der Waals surface area contributed by atoms with Crippen LogP contribution in [-0.2, 0) is 23.9 Å². The molecule has 0 aliphatic rings. The Balaban J connectivity index is 0.000000594. The summed E-state index contributed by atoms with van der Waals surface area (Å²) in [6.45, 7) is 6.61. The van der Waals surface area contributed by atoms with Crippen molar-refractivity contribution >= 4 is 71.6 Å². The van der Waals surface area contributed by atoms with Gasteiger partial charge in [0.1, 0.15) is 0 Å². The molecule has 0 spiro atoms. The Morgan fingerprint density at radius 2 is 0.719 bits per heavy atom. The number of rotatable bonds is 32. The number of nitrogens with one attached hydrogen (secondary N) is 4. The van der Waals surface area contributed by atoms with Crippen LogP contribution in [0.4, 0.5) is 0 Å². The number of hydrogen-bond donors (Lipinski definition) is 9. The van der Waals surface area contributed by atoms with Crippen LogP contribution in [0.2, 0.25) is 0 Å². The van der Waals surface area contributed by atoms with Crippen molar-refractivity contribution in [2.24, 2.45) is 5.73 Å². The number of aliphatic hydroxyl groups excluding tert-OH is 4. The summed E-state index contributed by atoms with van der Waals surface area (Å²) in [5.74, 6) is -1.05. The average molecular weight is 1230 g/mol. The molecule has 0 heterocycles. The fourth-order valence-electron chi connectivity index (χ4n) is 7.48. The van der Waals surface area contributed by atoms with Crippen LogP contribution in [0.5, 0.6) is 0 Å². The van der Waals surface area contributed by atoms with Crippen LogP contribution in [0.25, 0.3) is 24.3 Å². The predicted octanol–water partition coefficient (Wildman–Crippen LogP) is 7.76. The third-order valence-corrected chi connectivity index (χ3v) is 12.7. The summed E-state index contributed by atoms with van der Waals surface area (Å²) in [5.41, 5.74) is 11.0. The summed E-state index contributed by atoms with van der Waals surface area (Å²) in [7, 11) is 8.40. The van der Waals surface area contributed by atoms with Crippen LogP contribution in [0.3, 0.4) is 0 Å². The molecule has 0 aliphatic carbocycles. The van der Waals surface area contributed by atoms with E-state index in [4.69, 9.17) is 26.2 Å². The van der Waals surface area contributed by atoms with Crippen LogP contribution in [0, 0.1) is 0 Å². The number of unbranched alkanes of at least 4 members (excludes halogenated alkanes) is 4. The molecule has 4 atom stereocenters. The standard InChI is InChI=1S/C19H28N2O3.C17H24N2O3.C17H23NO4.C16H22N2O3/c1-15(14-22)20-19(24)17-11-8-10-16(13-17)9-6-4-5-7-12-18(23)21(2)3;1-13(12-20)18-17(22)15-9-6-8-14(11-15)7-4-5-10-16(21)19(2)3;1-13(12-19)18-17(21)15-9-6-8-14(11-15)7-4-3-5-10-16(20)22-2;1-12(11-19)18-16(21)14-8-5-7-13(10-14)6-3-2-4-9-15(17)20/h6,8-11,13,15,22H,4-5,7,12,14H2,1-3H3,(H,20,24);4,6-9,11,13,20H,5,10,12H2,1-3H3,(H,18,22);4,6-9,11,13,19H,3,5,10,12H2,1-2H3,(H,18,21);3,5-8,10,12,19H,2,4,9,11H2,1H3,(H2,17,20)(H,18,21)/b9-6-;2*7-4-;6-3-. The lowest BCUT2D eigenvalue weighted by Crippen LogP contribution is -2.34. The normalized spacial score (nSPS) is 12.2. The maximum atomic E-state index is 12.0. The molecule has 0 saturated heterocycles. The van der Waals surface area contributed by atoms with E-state index in [9.17, 15) is 38.4 Å². The molecule has 4 aromatic rings. The molecular formula is C69H97N7O13. The zero-order valence-corrected chi connectivity index (χ0v) is 53.4. The number of carbonyl (C=O) groups excluding carboxylic acids is 8. The zero-order chi connectivity index (χ0) is 66.5. The van der Waals surface area contributed by atoms with Gasteiger partial charge in [-0.1, -0.05) is 97.1 Å². The first-order valence-corrected chi connectivity index (χ1v) is 30.0. The van der Waals surface area contributed by atoms with Gasteiger partial charge in [-0.25, -0.2) is 0 Å². The lowest BCUT2D eigenvalue weighted by atomic mass is 10.1. The molecule has 0 saturated carbocycles. The van der Waals surface area contributed by atoms with E-state index in [1.165, 1.54) is 7.11 Å². The van der Waals surface area contributed by atoms with Crippen molar-refractivity contribution in [2.45, 2.75) is 129 Å². The second-order valence-corrected chi connectivity index (χ2v) is 21.5. The van der Waals surface area contributed by atoms with Gasteiger partial charge in [0.25, 0.3) is 23.6 Å². The number of nitrogens with two attached hydrogens (primary N) is 1. The van der Waals surface area contributed by atoms with Crippen LogP contribution >= 0.6 is 0 Å². The molecule has 4 aromatic carbocycles. The van der Waals surface area contributed by atoms with Crippen LogP contribution in [0.15, 0.2) is 121 Å². The number of amides is 7. The molecular weight excluding hydrogens is 1130 g/mol. The molecule has 486 valence electrons. The Hall–Kier alpha value is -8.56. The predicted molar refractivity (Wildman–Crippen MR) is 352 cm³/mol. The van der Waals surface area contributed by atoms with Gasteiger partial charge in [0, 0.05) is 100 Å². The van der Waals surface area contributed by atoms with Gasteiger partial charge in [-0.2, -0.15) is 0 Å². The third-order valence-electron chi connectivity index (χ3n) is 12.7. The minimum Gasteiger partial charge on any atom is -0.469 e. The smallest absolute Gasteiger partial charge is 0.305 e.